The van der Waals surface area contributed by atoms with E-state index in [1.165, 1.54) is 0 Å². The number of hydrogen-bond acceptors (Lipinski definition) is 4. The highest BCUT2D eigenvalue weighted by molar-refractivity contribution is 5.71. The Kier molecular flexibility index (Phi) is 2.07. The Hall–Kier alpha value is -2.30. The molecule has 0 aliphatic carbocycles. The second-order valence-electron chi connectivity index (χ2n) is 3.45. The van der Waals surface area contributed by atoms with Crippen LogP contribution in [0, 0.1) is 0 Å². The van der Waals surface area contributed by atoms with E-state index < -0.39 is 0 Å². The summed E-state index contributed by atoms with van der Waals surface area (Å²) in [5.41, 5.74) is 2.74. The predicted octanol–water partition coefficient (Wildman–Crippen LogP) is 2.16. The fourth-order valence-electron chi connectivity index (χ4n) is 1.50. The number of furan rings is 1. The first-order valence-corrected chi connectivity index (χ1v) is 4.97. The molecule has 16 heavy (non-hydrogen) atoms. The SMILES string of the molecule is c1cc2nc(NCc3ccoc3)cnc2[nH]1. The highest BCUT2D eigenvalue weighted by Gasteiger charge is 2.00. The average molecular weight is 214 g/mol. The minimum absolute atomic E-state index is 0.682. The molecule has 0 aliphatic rings. The van der Waals surface area contributed by atoms with E-state index in [1.54, 1.807) is 18.7 Å². The molecule has 0 spiro atoms. The van der Waals surface area contributed by atoms with Crippen LogP contribution in [0.4, 0.5) is 5.82 Å². The maximum atomic E-state index is 4.98. The van der Waals surface area contributed by atoms with Crippen molar-refractivity contribution in [1.82, 2.24) is 15.0 Å². The monoisotopic (exact) mass is 214 g/mol. The van der Waals surface area contributed by atoms with E-state index in [4.69, 9.17) is 4.42 Å². The smallest absolute Gasteiger partial charge is 0.156 e. The number of aromatic amines is 1. The van der Waals surface area contributed by atoms with Crippen LogP contribution in [0.1, 0.15) is 5.56 Å². The van der Waals surface area contributed by atoms with E-state index in [0.717, 1.165) is 22.5 Å². The summed E-state index contributed by atoms with van der Waals surface area (Å²) in [6.07, 6.45) is 6.89. The second kappa shape index (κ2) is 3.69. The van der Waals surface area contributed by atoms with Crippen molar-refractivity contribution < 1.29 is 4.42 Å². The molecule has 0 aromatic carbocycles. The molecule has 0 bridgehead atoms. The summed E-state index contributed by atoms with van der Waals surface area (Å²) in [6, 6.07) is 3.81. The molecule has 0 saturated heterocycles. The lowest BCUT2D eigenvalue weighted by atomic mass is 10.3. The molecule has 0 atom stereocenters. The summed E-state index contributed by atoms with van der Waals surface area (Å²) in [7, 11) is 0. The minimum Gasteiger partial charge on any atom is -0.472 e. The Morgan fingerprint density at radius 1 is 1.38 bits per heavy atom. The predicted molar refractivity (Wildman–Crippen MR) is 59.9 cm³/mol. The lowest BCUT2D eigenvalue weighted by molar-refractivity contribution is 0.564. The molecule has 3 heterocycles. The van der Waals surface area contributed by atoms with Gasteiger partial charge in [-0.3, -0.25) is 0 Å². The van der Waals surface area contributed by atoms with Crippen molar-refractivity contribution >= 4 is 17.0 Å². The average Bonchev–Trinajstić information content (AvgIpc) is 2.97. The summed E-state index contributed by atoms with van der Waals surface area (Å²) >= 11 is 0. The Labute approximate surface area is 91.5 Å². The molecule has 3 rings (SSSR count). The van der Waals surface area contributed by atoms with Crippen molar-refractivity contribution in [2.45, 2.75) is 6.54 Å². The van der Waals surface area contributed by atoms with Gasteiger partial charge in [-0.2, -0.15) is 0 Å². The Morgan fingerprint density at radius 2 is 2.38 bits per heavy atom. The van der Waals surface area contributed by atoms with Crippen molar-refractivity contribution in [3.63, 3.8) is 0 Å². The van der Waals surface area contributed by atoms with E-state index in [0.29, 0.717) is 6.54 Å². The van der Waals surface area contributed by atoms with E-state index in [1.807, 2.05) is 18.3 Å². The summed E-state index contributed by atoms with van der Waals surface area (Å²) in [5.74, 6) is 0.758. The lowest BCUT2D eigenvalue weighted by Gasteiger charge is -2.02. The molecule has 3 aromatic heterocycles. The first kappa shape index (κ1) is 8.96. The molecule has 2 N–H and O–H groups in total. The summed E-state index contributed by atoms with van der Waals surface area (Å²) in [4.78, 5) is 11.6. The summed E-state index contributed by atoms with van der Waals surface area (Å²) < 4.78 is 4.98. The first-order valence-electron chi connectivity index (χ1n) is 4.97. The van der Waals surface area contributed by atoms with Gasteiger partial charge in [0.2, 0.25) is 0 Å². The van der Waals surface area contributed by atoms with Gasteiger partial charge in [0, 0.05) is 18.3 Å². The highest BCUT2D eigenvalue weighted by atomic mass is 16.3. The molecule has 5 heteroatoms. The zero-order valence-corrected chi connectivity index (χ0v) is 8.47. The molecule has 0 unspecified atom stereocenters. The number of fused-ring (bicyclic) bond motifs is 1. The van der Waals surface area contributed by atoms with Gasteiger partial charge in [-0.25, -0.2) is 9.97 Å². The largest absolute Gasteiger partial charge is 0.472 e. The quantitative estimate of drug-likeness (QED) is 0.701. The standard InChI is InChI=1S/C11H10N4O/c1-3-12-11-9(1)15-10(6-14-11)13-5-8-2-4-16-7-8/h1-4,6-7H,5H2,(H,12,14)(H,13,15). The van der Waals surface area contributed by atoms with Crippen LogP contribution in [-0.4, -0.2) is 15.0 Å². The molecule has 0 saturated carbocycles. The molecule has 3 aromatic rings. The Balaban J connectivity index is 1.78. The van der Waals surface area contributed by atoms with Gasteiger partial charge in [0.05, 0.1) is 18.7 Å². The third kappa shape index (κ3) is 1.63. The topological polar surface area (TPSA) is 66.7 Å². The number of aromatic nitrogens is 3. The fourth-order valence-corrected chi connectivity index (χ4v) is 1.50. The van der Waals surface area contributed by atoms with Crippen LogP contribution in [0.15, 0.2) is 41.5 Å². The van der Waals surface area contributed by atoms with Crippen molar-refractivity contribution in [1.29, 1.82) is 0 Å². The van der Waals surface area contributed by atoms with E-state index in [2.05, 4.69) is 20.3 Å². The molecule has 5 nitrogen and oxygen atoms in total. The molecule has 0 fully saturated rings. The van der Waals surface area contributed by atoms with Crippen LogP contribution in [0.3, 0.4) is 0 Å². The van der Waals surface area contributed by atoms with Gasteiger partial charge in [0.1, 0.15) is 11.3 Å². The molecule has 0 amide bonds. The summed E-state index contributed by atoms with van der Waals surface area (Å²) in [6.45, 7) is 0.682. The fraction of sp³-hybridized carbons (Fsp3) is 0.0909. The Bertz CT molecular complexity index is 585. The number of nitrogens with zero attached hydrogens (tertiary/aromatic N) is 2. The first-order chi connectivity index (χ1) is 7.92. The number of hydrogen-bond donors (Lipinski definition) is 2. The van der Waals surface area contributed by atoms with Crippen LogP contribution in [0.5, 0.6) is 0 Å². The molecule has 0 radical (unpaired) electrons. The molecule has 80 valence electrons. The van der Waals surface area contributed by atoms with Crippen LogP contribution < -0.4 is 5.32 Å². The molecular weight excluding hydrogens is 204 g/mol. The van der Waals surface area contributed by atoms with Gasteiger partial charge in [-0.15, -0.1) is 0 Å². The second-order valence-corrected chi connectivity index (χ2v) is 3.45. The van der Waals surface area contributed by atoms with Crippen molar-refractivity contribution in [3.8, 4) is 0 Å². The summed E-state index contributed by atoms with van der Waals surface area (Å²) in [5, 5.41) is 3.18. The van der Waals surface area contributed by atoms with Gasteiger partial charge in [-0.1, -0.05) is 0 Å². The van der Waals surface area contributed by atoms with Gasteiger partial charge in [0.25, 0.3) is 0 Å². The maximum Gasteiger partial charge on any atom is 0.156 e. The van der Waals surface area contributed by atoms with Crippen LogP contribution >= 0.6 is 0 Å². The van der Waals surface area contributed by atoms with Crippen molar-refractivity contribution in [2.24, 2.45) is 0 Å². The number of nitrogens with one attached hydrogen (secondary N) is 2. The molecular formula is C11H10N4O. The zero-order valence-electron chi connectivity index (χ0n) is 8.47. The lowest BCUT2D eigenvalue weighted by Crippen LogP contribution is -2.00. The number of H-pyrrole nitrogens is 1. The van der Waals surface area contributed by atoms with Crippen LogP contribution in [0.25, 0.3) is 11.2 Å². The van der Waals surface area contributed by atoms with E-state index >= 15 is 0 Å². The van der Waals surface area contributed by atoms with Gasteiger partial charge >= 0.3 is 0 Å². The Morgan fingerprint density at radius 3 is 3.25 bits per heavy atom. The van der Waals surface area contributed by atoms with Gasteiger partial charge in [-0.05, 0) is 12.1 Å². The number of anilines is 1. The van der Waals surface area contributed by atoms with Gasteiger partial charge < -0.3 is 14.7 Å². The van der Waals surface area contributed by atoms with E-state index in [-0.39, 0.29) is 0 Å². The van der Waals surface area contributed by atoms with Crippen LogP contribution in [0.2, 0.25) is 0 Å². The molecule has 0 aliphatic heterocycles. The highest BCUT2D eigenvalue weighted by Crippen LogP contribution is 2.11. The maximum absolute atomic E-state index is 4.98. The normalized spacial score (nSPS) is 10.8. The zero-order chi connectivity index (χ0) is 10.8. The van der Waals surface area contributed by atoms with Crippen molar-refractivity contribution in [3.05, 3.63) is 42.6 Å². The van der Waals surface area contributed by atoms with Crippen LogP contribution in [-0.2, 0) is 6.54 Å². The minimum atomic E-state index is 0.682. The van der Waals surface area contributed by atoms with Crippen molar-refractivity contribution in [2.75, 3.05) is 5.32 Å². The van der Waals surface area contributed by atoms with Gasteiger partial charge in [0.15, 0.2) is 5.65 Å². The number of rotatable bonds is 3. The third-order valence-corrected chi connectivity index (χ3v) is 2.31. The third-order valence-electron chi connectivity index (χ3n) is 2.31. The van der Waals surface area contributed by atoms with E-state index in [9.17, 15) is 0 Å².